The molecule has 2 aromatic rings. The van der Waals surface area contributed by atoms with E-state index in [0.717, 1.165) is 0 Å². The maximum Gasteiger partial charge on any atom is 0.0953 e. The summed E-state index contributed by atoms with van der Waals surface area (Å²) in [4.78, 5) is 9.10. The van der Waals surface area contributed by atoms with Gasteiger partial charge in [-0.1, -0.05) is 61.5 Å². The third kappa shape index (κ3) is 6.42. The zero-order valence-electron chi connectivity index (χ0n) is 15.9. The average Bonchev–Trinajstić information content (AvgIpc) is 2.98. The van der Waals surface area contributed by atoms with Crippen LogP contribution in [0.1, 0.15) is 101 Å². The molecule has 2 nitrogen and oxygen atoms in total. The monoisotopic (exact) mass is 332 g/mol. The predicted octanol–water partition coefficient (Wildman–Crippen LogP) is 6.72. The number of hydrogen-bond donors (Lipinski definition) is 0. The van der Waals surface area contributed by atoms with Crippen molar-refractivity contribution < 1.29 is 0 Å². The molecule has 3 heteroatoms. The van der Waals surface area contributed by atoms with Gasteiger partial charge < -0.3 is 0 Å². The van der Waals surface area contributed by atoms with E-state index in [1.807, 2.05) is 0 Å². The molecule has 0 saturated carbocycles. The largest absolute Gasteiger partial charge is 0.257 e. The summed E-state index contributed by atoms with van der Waals surface area (Å²) in [5, 5.41) is 3.42. The van der Waals surface area contributed by atoms with Gasteiger partial charge in [0.1, 0.15) is 0 Å². The summed E-state index contributed by atoms with van der Waals surface area (Å²) in [6.07, 6.45) is 0. The van der Waals surface area contributed by atoms with Crippen molar-refractivity contribution in [3.05, 3.63) is 45.7 Å². The van der Waals surface area contributed by atoms with Gasteiger partial charge in [0.05, 0.1) is 10.7 Å². The SMILES string of the molecule is CC(C)c1cccc(C(C)C)n1.CC(C)c1csc(C(C)C)n1. The Labute approximate surface area is 146 Å². The normalized spacial score (nSPS) is 11.3. The quantitative estimate of drug-likeness (QED) is 0.621. The van der Waals surface area contributed by atoms with Crippen LogP contribution >= 0.6 is 11.3 Å². The molecule has 2 rings (SSSR count). The third-order valence-corrected chi connectivity index (χ3v) is 4.76. The fourth-order valence-corrected chi connectivity index (χ4v) is 2.94. The molecule has 0 saturated heterocycles. The number of nitrogens with zero attached hydrogens (tertiary/aromatic N) is 2. The highest BCUT2D eigenvalue weighted by atomic mass is 32.1. The van der Waals surface area contributed by atoms with Gasteiger partial charge in [0.25, 0.3) is 0 Å². The minimum atomic E-state index is 0.531. The first kappa shape index (κ1) is 19.8. The molecular weight excluding hydrogens is 300 g/mol. The van der Waals surface area contributed by atoms with Crippen LogP contribution in [0.3, 0.4) is 0 Å². The van der Waals surface area contributed by atoms with Gasteiger partial charge in [-0.25, -0.2) is 4.98 Å². The Hall–Kier alpha value is -1.22. The van der Waals surface area contributed by atoms with Crippen molar-refractivity contribution in [3.8, 4) is 0 Å². The molecule has 2 heterocycles. The third-order valence-electron chi connectivity index (χ3n) is 3.60. The lowest BCUT2D eigenvalue weighted by Crippen LogP contribution is -1.98. The van der Waals surface area contributed by atoms with Crippen LogP contribution in [0.25, 0.3) is 0 Å². The zero-order valence-corrected chi connectivity index (χ0v) is 16.7. The van der Waals surface area contributed by atoms with E-state index in [1.54, 1.807) is 11.3 Å². The molecule has 23 heavy (non-hydrogen) atoms. The van der Waals surface area contributed by atoms with Crippen molar-refractivity contribution in [2.24, 2.45) is 0 Å². The molecule has 0 aliphatic carbocycles. The van der Waals surface area contributed by atoms with Crippen LogP contribution in [0.2, 0.25) is 0 Å². The van der Waals surface area contributed by atoms with Gasteiger partial charge in [-0.2, -0.15) is 0 Å². The Balaban J connectivity index is 0.000000231. The fourth-order valence-electron chi connectivity index (χ4n) is 1.94. The van der Waals surface area contributed by atoms with Crippen LogP contribution in [-0.4, -0.2) is 9.97 Å². The summed E-state index contributed by atoms with van der Waals surface area (Å²) >= 11 is 1.77. The smallest absolute Gasteiger partial charge is 0.0953 e. The van der Waals surface area contributed by atoms with E-state index >= 15 is 0 Å². The number of aromatic nitrogens is 2. The summed E-state index contributed by atoms with van der Waals surface area (Å²) in [7, 11) is 0. The molecule has 0 amide bonds. The van der Waals surface area contributed by atoms with E-state index in [9.17, 15) is 0 Å². The van der Waals surface area contributed by atoms with Crippen molar-refractivity contribution in [1.82, 2.24) is 9.97 Å². The molecule has 0 N–H and O–H groups in total. The number of hydrogen-bond acceptors (Lipinski definition) is 3. The fraction of sp³-hybridized carbons (Fsp3) is 0.600. The molecular formula is C20H32N2S. The van der Waals surface area contributed by atoms with Gasteiger partial charge in [0.2, 0.25) is 0 Å². The van der Waals surface area contributed by atoms with E-state index in [2.05, 4.69) is 88.9 Å². The van der Waals surface area contributed by atoms with Gasteiger partial charge in [-0.3, -0.25) is 4.98 Å². The van der Waals surface area contributed by atoms with E-state index < -0.39 is 0 Å². The van der Waals surface area contributed by atoms with Gasteiger partial charge in [0.15, 0.2) is 0 Å². The first-order valence-corrected chi connectivity index (χ1v) is 9.52. The highest BCUT2D eigenvalue weighted by molar-refractivity contribution is 7.09. The van der Waals surface area contributed by atoms with Crippen LogP contribution in [0.5, 0.6) is 0 Å². The summed E-state index contributed by atoms with van der Waals surface area (Å²) < 4.78 is 0. The zero-order chi connectivity index (χ0) is 17.6. The molecule has 0 radical (unpaired) electrons. The van der Waals surface area contributed by atoms with Crippen molar-refractivity contribution in [1.29, 1.82) is 0 Å². The van der Waals surface area contributed by atoms with Crippen molar-refractivity contribution >= 4 is 11.3 Å². The Kier molecular flexibility index (Phi) is 7.90. The molecule has 0 bridgehead atoms. The van der Waals surface area contributed by atoms with Crippen LogP contribution in [0, 0.1) is 0 Å². The number of rotatable bonds is 4. The topological polar surface area (TPSA) is 25.8 Å². The lowest BCUT2D eigenvalue weighted by atomic mass is 10.1. The van der Waals surface area contributed by atoms with E-state index in [0.29, 0.717) is 23.7 Å². The van der Waals surface area contributed by atoms with E-state index in [1.165, 1.54) is 22.1 Å². The number of pyridine rings is 1. The van der Waals surface area contributed by atoms with Gasteiger partial charge >= 0.3 is 0 Å². The van der Waals surface area contributed by atoms with Crippen molar-refractivity contribution in [3.63, 3.8) is 0 Å². The second kappa shape index (κ2) is 9.17. The predicted molar refractivity (Wildman–Crippen MR) is 103 cm³/mol. The van der Waals surface area contributed by atoms with Gasteiger partial charge in [-0.05, 0) is 29.9 Å². The highest BCUT2D eigenvalue weighted by Gasteiger charge is 2.07. The first-order chi connectivity index (χ1) is 10.7. The lowest BCUT2D eigenvalue weighted by molar-refractivity contribution is 0.765. The minimum Gasteiger partial charge on any atom is -0.257 e. The number of thiazole rings is 1. The van der Waals surface area contributed by atoms with E-state index in [4.69, 9.17) is 0 Å². The molecule has 0 fully saturated rings. The molecule has 0 atom stereocenters. The Morgan fingerprint density at radius 3 is 1.43 bits per heavy atom. The standard InChI is InChI=1S/C11H17N.C9H15NS/c1-8(2)10-6-5-7-11(12-10)9(3)4;1-6(2)8-5-11-9(10-8)7(3)4/h5-9H,1-4H3;5-7H,1-4H3. The molecule has 0 spiro atoms. The van der Waals surface area contributed by atoms with Gasteiger partial charge in [0, 0.05) is 22.7 Å². The Morgan fingerprint density at radius 2 is 1.13 bits per heavy atom. The maximum absolute atomic E-state index is 4.57. The van der Waals surface area contributed by atoms with Gasteiger partial charge in [-0.15, -0.1) is 11.3 Å². The average molecular weight is 333 g/mol. The highest BCUT2D eigenvalue weighted by Crippen LogP contribution is 2.23. The van der Waals surface area contributed by atoms with Crippen LogP contribution in [0.15, 0.2) is 23.6 Å². The summed E-state index contributed by atoms with van der Waals surface area (Å²) in [5.41, 5.74) is 3.63. The second-order valence-electron chi connectivity index (χ2n) is 7.22. The maximum atomic E-state index is 4.57. The molecule has 0 aliphatic rings. The summed E-state index contributed by atoms with van der Waals surface area (Å²) in [6.45, 7) is 17.4. The lowest BCUT2D eigenvalue weighted by Gasteiger charge is -2.08. The van der Waals surface area contributed by atoms with Crippen LogP contribution in [0.4, 0.5) is 0 Å². The van der Waals surface area contributed by atoms with Crippen LogP contribution < -0.4 is 0 Å². The van der Waals surface area contributed by atoms with E-state index in [-0.39, 0.29) is 0 Å². The van der Waals surface area contributed by atoms with Crippen molar-refractivity contribution in [2.75, 3.05) is 0 Å². The molecule has 0 unspecified atom stereocenters. The van der Waals surface area contributed by atoms with Crippen LogP contribution in [-0.2, 0) is 0 Å². The van der Waals surface area contributed by atoms with Crippen molar-refractivity contribution in [2.45, 2.75) is 79.1 Å². The molecule has 0 aliphatic heterocycles. The minimum absolute atomic E-state index is 0.531. The Morgan fingerprint density at radius 1 is 0.652 bits per heavy atom. The second-order valence-corrected chi connectivity index (χ2v) is 8.11. The summed E-state index contributed by atoms with van der Waals surface area (Å²) in [5.74, 6) is 2.21. The molecule has 2 aromatic heterocycles. The Bertz CT molecular complexity index is 537. The molecule has 0 aromatic carbocycles. The summed E-state index contributed by atoms with van der Waals surface area (Å²) in [6, 6.07) is 6.28. The molecule has 128 valence electrons. The first-order valence-electron chi connectivity index (χ1n) is 8.64.